The lowest BCUT2D eigenvalue weighted by atomic mass is 9.73. The van der Waals surface area contributed by atoms with Crippen LogP contribution in [0, 0.1) is 17.1 Å². The Bertz CT molecular complexity index is 1300. The molecule has 3 aromatic rings. The number of piperidine rings is 1. The summed E-state index contributed by atoms with van der Waals surface area (Å²) in [4.78, 5) is 20.0. The molecule has 2 aliphatic rings. The third kappa shape index (κ3) is 4.84. The Labute approximate surface area is 210 Å². The molecule has 2 atom stereocenters. The van der Waals surface area contributed by atoms with E-state index in [-0.39, 0.29) is 17.8 Å². The molecule has 0 radical (unpaired) electrons. The zero-order chi connectivity index (χ0) is 25.1. The highest BCUT2D eigenvalue weighted by molar-refractivity contribution is 5.96. The van der Waals surface area contributed by atoms with Crippen molar-refractivity contribution in [2.75, 3.05) is 13.1 Å². The molecule has 186 valence electrons. The Balaban J connectivity index is 1.35. The molecule has 1 saturated heterocycles. The van der Waals surface area contributed by atoms with Crippen LogP contribution in [0.4, 0.5) is 4.39 Å². The number of hydrogen-bond acceptors (Lipinski definition) is 5. The molecular weight excluding hydrogens is 455 g/mol. The number of halogens is 1. The normalized spacial score (nSPS) is 22.1. The molecule has 2 aromatic carbocycles. The minimum atomic E-state index is -0.825. The molecule has 1 aliphatic carbocycles. The molecule has 1 saturated carbocycles. The van der Waals surface area contributed by atoms with Crippen molar-refractivity contribution in [2.45, 2.75) is 62.6 Å². The lowest BCUT2D eigenvalue weighted by molar-refractivity contribution is 0.0714. The Morgan fingerprint density at radius 2 is 1.86 bits per heavy atom. The predicted molar refractivity (Wildman–Crippen MR) is 136 cm³/mol. The Morgan fingerprint density at radius 3 is 2.61 bits per heavy atom. The summed E-state index contributed by atoms with van der Waals surface area (Å²) in [5.74, 6) is -0.596. The van der Waals surface area contributed by atoms with Crippen molar-refractivity contribution in [3.8, 4) is 6.07 Å². The van der Waals surface area contributed by atoms with E-state index in [1.165, 1.54) is 6.07 Å². The van der Waals surface area contributed by atoms with Crippen molar-refractivity contribution in [1.29, 1.82) is 5.26 Å². The molecule has 0 spiro atoms. The first-order chi connectivity index (χ1) is 17.5. The highest BCUT2D eigenvalue weighted by Crippen LogP contribution is 2.37. The van der Waals surface area contributed by atoms with E-state index in [2.05, 4.69) is 21.3 Å². The van der Waals surface area contributed by atoms with E-state index >= 15 is 0 Å². The number of rotatable bonds is 5. The zero-order valence-electron chi connectivity index (χ0n) is 20.3. The second-order valence-corrected chi connectivity index (χ2v) is 10.1. The molecule has 2 fully saturated rings. The average Bonchev–Trinajstić information content (AvgIpc) is 2.91. The van der Waals surface area contributed by atoms with E-state index in [1.54, 1.807) is 18.2 Å². The predicted octanol–water partition coefficient (Wildman–Crippen LogP) is 4.46. The number of fused-ring (bicyclic) bond motifs is 1. The standard InChI is InChI=1S/C29H31FN4O2/c30-23-9-3-2-8-22(23)29(19-31)13-15-34(16-14-29)18-20-17-26(32-24-10-4-1-7-21(20)24)28(36)33-25-11-5-6-12-27(25)35/h1-4,7-10,17,25,27,35H,5-6,11-16,18H2,(H,33,36)/t25-,27-/m0/s1. The lowest BCUT2D eigenvalue weighted by Gasteiger charge is -2.38. The number of aliphatic hydroxyl groups is 1. The quantitative estimate of drug-likeness (QED) is 0.556. The van der Waals surface area contributed by atoms with Gasteiger partial charge in [0, 0.05) is 30.6 Å². The first-order valence-electron chi connectivity index (χ1n) is 12.8. The van der Waals surface area contributed by atoms with Crippen molar-refractivity contribution in [1.82, 2.24) is 15.2 Å². The molecule has 2 heterocycles. The third-order valence-electron chi connectivity index (χ3n) is 7.79. The van der Waals surface area contributed by atoms with Crippen LogP contribution < -0.4 is 5.32 Å². The van der Waals surface area contributed by atoms with Crippen LogP contribution in [0.25, 0.3) is 10.9 Å². The molecule has 36 heavy (non-hydrogen) atoms. The largest absolute Gasteiger partial charge is 0.391 e. The highest BCUT2D eigenvalue weighted by atomic mass is 19.1. The van der Waals surface area contributed by atoms with Crippen molar-refractivity contribution < 1.29 is 14.3 Å². The summed E-state index contributed by atoms with van der Waals surface area (Å²) >= 11 is 0. The summed E-state index contributed by atoms with van der Waals surface area (Å²) in [7, 11) is 0. The second kappa shape index (κ2) is 10.3. The van der Waals surface area contributed by atoms with Gasteiger partial charge in [-0.3, -0.25) is 9.69 Å². The van der Waals surface area contributed by atoms with Gasteiger partial charge in [-0.2, -0.15) is 5.26 Å². The van der Waals surface area contributed by atoms with Crippen LogP contribution in [0.3, 0.4) is 0 Å². The van der Waals surface area contributed by atoms with E-state index in [1.807, 2.05) is 30.3 Å². The first kappa shape index (κ1) is 24.4. The second-order valence-electron chi connectivity index (χ2n) is 10.1. The van der Waals surface area contributed by atoms with Crippen molar-refractivity contribution in [3.63, 3.8) is 0 Å². The maximum atomic E-state index is 14.5. The zero-order valence-corrected chi connectivity index (χ0v) is 20.3. The van der Waals surface area contributed by atoms with E-state index in [0.29, 0.717) is 50.2 Å². The molecule has 6 nitrogen and oxygen atoms in total. The molecule has 1 amide bonds. The molecule has 1 aromatic heterocycles. The molecule has 2 N–H and O–H groups in total. The number of para-hydroxylation sites is 1. The van der Waals surface area contributed by atoms with Gasteiger partial charge in [-0.1, -0.05) is 49.2 Å². The van der Waals surface area contributed by atoms with Crippen molar-refractivity contribution >= 4 is 16.8 Å². The minimum Gasteiger partial charge on any atom is -0.391 e. The number of carbonyl (C=O) groups is 1. The number of hydrogen-bond donors (Lipinski definition) is 2. The van der Waals surface area contributed by atoms with Gasteiger partial charge in [0.15, 0.2) is 0 Å². The monoisotopic (exact) mass is 486 g/mol. The van der Waals surface area contributed by atoms with Gasteiger partial charge in [0.1, 0.15) is 11.5 Å². The molecule has 5 rings (SSSR count). The van der Waals surface area contributed by atoms with Gasteiger partial charge in [-0.15, -0.1) is 0 Å². The summed E-state index contributed by atoms with van der Waals surface area (Å²) < 4.78 is 14.5. The molecule has 0 unspecified atom stereocenters. The van der Waals surface area contributed by atoms with Crippen LogP contribution in [0.1, 0.15) is 60.1 Å². The average molecular weight is 487 g/mol. The topological polar surface area (TPSA) is 89.2 Å². The summed E-state index contributed by atoms with van der Waals surface area (Å²) in [5.41, 5.74) is 1.74. The molecule has 1 aliphatic heterocycles. The van der Waals surface area contributed by atoms with Gasteiger partial charge in [0.2, 0.25) is 0 Å². The number of likely N-dealkylation sites (tertiary alicyclic amines) is 1. The fraction of sp³-hybridized carbons (Fsp3) is 0.414. The Kier molecular flexibility index (Phi) is 6.99. The van der Waals surface area contributed by atoms with Gasteiger partial charge in [-0.05, 0) is 49.4 Å². The molecule has 7 heteroatoms. The third-order valence-corrected chi connectivity index (χ3v) is 7.79. The van der Waals surface area contributed by atoms with Crippen LogP contribution in [-0.2, 0) is 12.0 Å². The van der Waals surface area contributed by atoms with Crippen LogP contribution in [-0.4, -0.2) is 46.1 Å². The number of pyridine rings is 1. The van der Waals surface area contributed by atoms with Gasteiger partial charge in [0.05, 0.1) is 29.1 Å². The lowest BCUT2D eigenvalue weighted by Crippen LogP contribution is -2.45. The maximum Gasteiger partial charge on any atom is 0.270 e. The number of benzene rings is 2. The number of aliphatic hydroxyl groups excluding tert-OH is 1. The van der Waals surface area contributed by atoms with Crippen molar-refractivity contribution in [2.24, 2.45) is 0 Å². The minimum absolute atomic E-state index is 0.248. The Morgan fingerprint density at radius 1 is 1.14 bits per heavy atom. The molecule has 0 bridgehead atoms. The van der Waals surface area contributed by atoms with Crippen molar-refractivity contribution in [3.05, 3.63) is 77.2 Å². The van der Waals surface area contributed by atoms with Crippen LogP contribution in [0.5, 0.6) is 0 Å². The fourth-order valence-electron chi connectivity index (χ4n) is 5.64. The SMILES string of the molecule is N#CC1(c2ccccc2F)CCN(Cc2cc(C(=O)N[C@H]3CCCC[C@@H]3O)nc3ccccc23)CC1. The first-order valence-corrected chi connectivity index (χ1v) is 12.8. The van der Waals surface area contributed by atoms with Gasteiger partial charge in [-0.25, -0.2) is 9.37 Å². The van der Waals surface area contributed by atoms with E-state index in [0.717, 1.165) is 35.7 Å². The van der Waals surface area contributed by atoms with E-state index in [4.69, 9.17) is 0 Å². The van der Waals surface area contributed by atoms with Crippen LogP contribution in [0.2, 0.25) is 0 Å². The summed E-state index contributed by atoms with van der Waals surface area (Å²) in [5, 5.41) is 24.2. The smallest absolute Gasteiger partial charge is 0.270 e. The maximum absolute atomic E-state index is 14.5. The van der Waals surface area contributed by atoms with Crippen LogP contribution >= 0.6 is 0 Å². The number of nitriles is 1. The van der Waals surface area contributed by atoms with Gasteiger partial charge < -0.3 is 10.4 Å². The molecular formula is C29H31FN4O2. The summed E-state index contributed by atoms with van der Waals surface area (Å²) in [6.45, 7) is 1.90. The Hall–Kier alpha value is -3.34. The number of nitrogens with zero attached hydrogens (tertiary/aromatic N) is 3. The van der Waals surface area contributed by atoms with E-state index < -0.39 is 11.5 Å². The highest BCUT2D eigenvalue weighted by Gasteiger charge is 2.38. The fourth-order valence-corrected chi connectivity index (χ4v) is 5.64. The summed E-state index contributed by atoms with van der Waals surface area (Å²) in [6.07, 6.45) is 4.00. The number of aromatic nitrogens is 1. The van der Waals surface area contributed by atoms with Gasteiger partial charge in [0.25, 0.3) is 5.91 Å². The van der Waals surface area contributed by atoms with E-state index in [9.17, 15) is 19.6 Å². The number of nitrogens with one attached hydrogen (secondary N) is 1. The number of carbonyl (C=O) groups excluding carboxylic acids is 1. The van der Waals surface area contributed by atoms with Crippen LogP contribution in [0.15, 0.2) is 54.6 Å². The summed E-state index contributed by atoms with van der Waals surface area (Å²) in [6, 6.07) is 18.3. The number of amides is 1. The van der Waals surface area contributed by atoms with Gasteiger partial charge >= 0.3 is 0 Å².